The first kappa shape index (κ1) is 36.2. The van der Waals surface area contributed by atoms with E-state index in [9.17, 15) is 0 Å². The highest BCUT2D eigenvalue weighted by molar-refractivity contribution is 7.25. The minimum atomic E-state index is 0.626. The Bertz CT molecular complexity index is 3310. The molecule has 11 aromatic rings. The van der Waals surface area contributed by atoms with Gasteiger partial charge in [0.1, 0.15) is 0 Å². The predicted molar refractivity (Wildman–Crippen MR) is 252 cm³/mol. The van der Waals surface area contributed by atoms with Crippen LogP contribution in [-0.4, -0.2) is 24.9 Å². The van der Waals surface area contributed by atoms with E-state index >= 15 is 0 Å². The molecule has 0 aliphatic carbocycles. The Hall–Kier alpha value is -7.93. The van der Waals surface area contributed by atoms with E-state index in [-0.39, 0.29) is 0 Å². The van der Waals surface area contributed by atoms with Crippen LogP contribution >= 0.6 is 11.3 Å². The Balaban J connectivity index is 0.956. The van der Waals surface area contributed by atoms with Crippen molar-refractivity contribution in [1.82, 2.24) is 24.9 Å². The highest BCUT2D eigenvalue weighted by Crippen LogP contribution is 2.38. The average Bonchev–Trinajstić information content (AvgIpc) is 3.73. The third-order valence-electron chi connectivity index (χ3n) is 10.9. The molecule has 0 amide bonds. The van der Waals surface area contributed by atoms with E-state index in [0.717, 1.165) is 67.0 Å². The van der Waals surface area contributed by atoms with Gasteiger partial charge in [-0.2, -0.15) is 0 Å². The smallest absolute Gasteiger partial charge is 0.164 e. The van der Waals surface area contributed by atoms with E-state index in [1.807, 2.05) is 90.2 Å². The number of fused-ring (bicyclic) bond motifs is 3. The summed E-state index contributed by atoms with van der Waals surface area (Å²) in [6.07, 6.45) is 0. The summed E-state index contributed by atoms with van der Waals surface area (Å²) in [6, 6.07) is 73.5. The molecule has 0 radical (unpaired) electrons. The molecule has 0 N–H and O–H groups in total. The van der Waals surface area contributed by atoms with Gasteiger partial charge in [-0.3, -0.25) is 0 Å². The first-order valence-electron chi connectivity index (χ1n) is 20.2. The molecule has 8 aromatic carbocycles. The Morgan fingerprint density at radius 1 is 0.230 bits per heavy atom. The van der Waals surface area contributed by atoms with Crippen molar-refractivity contribution in [1.29, 1.82) is 0 Å². The second kappa shape index (κ2) is 15.7. The first-order valence-corrected chi connectivity index (χ1v) is 21.0. The molecule has 0 aliphatic heterocycles. The number of hydrogen-bond acceptors (Lipinski definition) is 6. The molecule has 0 spiro atoms. The lowest BCUT2D eigenvalue weighted by molar-refractivity contribution is 1.07. The van der Waals surface area contributed by atoms with Crippen LogP contribution in [-0.2, 0) is 0 Å². The van der Waals surface area contributed by atoms with E-state index < -0.39 is 0 Å². The largest absolute Gasteiger partial charge is 0.228 e. The highest BCUT2D eigenvalue weighted by atomic mass is 32.1. The Labute approximate surface area is 357 Å². The summed E-state index contributed by atoms with van der Waals surface area (Å²) < 4.78 is 2.53. The lowest BCUT2D eigenvalue weighted by Gasteiger charge is -2.12. The topological polar surface area (TPSA) is 64.5 Å². The molecule has 61 heavy (non-hydrogen) atoms. The molecule has 3 aromatic heterocycles. The van der Waals surface area contributed by atoms with E-state index in [0.29, 0.717) is 23.3 Å². The number of hydrogen-bond donors (Lipinski definition) is 0. The summed E-state index contributed by atoms with van der Waals surface area (Å²) in [5.41, 5.74) is 12.0. The van der Waals surface area contributed by atoms with Gasteiger partial charge in [-0.05, 0) is 58.7 Å². The Kier molecular flexibility index (Phi) is 9.30. The first-order chi connectivity index (χ1) is 30.2. The lowest BCUT2D eigenvalue weighted by Crippen LogP contribution is -2.00. The molecule has 0 saturated carbocycles. The van der Waals surface area contributed by atoms with Crippen LogP contribution in [0.5, 0.6) is 0 Å². The molecular weight excluding hydrogens is 763 g/mol. The zero-order chi connectivity index (χ0) is 40.5. The summed E-state index contributed by atoms with van der Waals surface area (Å²) in [5.74, 6) is 2.60. The lowest BCUT2D eigenvalue weighted by atomic mass is 9.96. The molecule has 5 nitrogen and oxygen atoms in total. The highest BCUT2D eigenvalue weighted by Gasteiger charge is 2.16. The van der Waals surface area contributed by atoms with Crippen LogP contribution < -0.4 is 0 Å². The van der Waals surface area contributed by atoms with Crippen LogP contribution in [0.1, 0.15) is 0 Å². The van der Waals surface area contributed by atoms with Crippen LogP contribution in [0.2, 0.25) is 0 Å². The maximum absolute atomic E-state index is 5.16. The van der Waals surface area contributed by atoms with Gasteiger partial charge in [-0.1, -0.05) is 176 Å². The standard InChI is InChI=1S/C55H35N5S/c1-4-15-36(16-5-1)52-56-48(35-49(57-52)44-29-30-47-46-27-10-11-28-50(46)61-51(47)34-44)43-25-13-23-41(32-43)39-21-12-22-40(31-39)42-24-14-26-45(33-42)55-59-53(37-17-6-2-7-18-37)58-54(60-55)38-19-8-3-9-20-38/h1-35H. The fourth-order valence-electron chi connectivity index (χ4n) is 7.86. The minimum Gasteiger partial charge on any atom is -0.228 e. The van der Waals surface area contributed by atoms with Crippen molar-refractivity contribution in [2.75, 3.05) is 0 Å². The maximum atomic E-state index is 5.16. The summed E-state index contributed by atoms with van der Waals surface area (Å²) in [5, 5.41) is 2.55. The quantitative estimate of drug-likeness (QED) is 0.153. The van der Waals surface area contributed by atoms with E-state index in [4.69, 9.17) is 24.9 Å². The van der Waals surface area contributed by atoms with E-state index in [1.54, 1.807) is 0 Å². The van der Waals surface area contributed by atoms with Crippen LogP contribution in [0.3, 0.4) is 0 Å². The fourth-order valence-corrected chi connectivity index (χ4v) is 9.00. The summed E-state index contributed by atoms with van der Waals surface area (Å²) in [7, 11) is 0. The van der Waals surface area contributed by atoms with Crippen molar-refractivity contribution < 1.29 is 0 Å². The zero-order valence-electron chi connectivity index (χ0n) is 32.9. The normalized spacial score (nSPS) is 11.3. The molecule has 6 heteroatoms. The van der Waals surface area contributed by atoms with Crippen molar-refractivity contribution in [3.63, 3.8) is 0 Å². The molecular formula is C55H35N5S. The molecule has 0 bridgehead atoms. The van der Waals surface area contributed by atoms with E-state index in [1.165, 1.54) is 20.2 Å². The van der Waals surface area contributed by atoms with E-state index in [2.05, 4.69) is 133 Å². The number of benzene rings is 8. The average molecular weight is 798 g/mol. The van der Waals surface area contributed by atoms with Crippen molar-refractivity contribution >= 4 is 31.5 Å². The van der Waals surface area contributed by atoms with Crippen molar-refractivity contribution in [2.45, 2.75) is 0 Å². The monoisotopic (exact) mass is 797 g/mol. The predicted octanol–water partition coefficient (Wildman–Crippen LogP) is 14.4. The molecule has 11 rings (SSSR count). The van der Waals surface area contributed by atoms with Crippen LogP contribution in [0.4, 0.5) is 0 Å². The van der Waals surface area contributed by atoms with Gasteiger partial charge in [0.25, 0.3) is 0 Å². The van der Waals surface area contributed by atoms with Gasteiger partial charge in [0.05, 0.1) is 11.4 Å². The van der Waals surface area contributed by atoms with Gasteiger partial charge >= 0.3 is 0 Å². The number of thiophene rings is 1. The third kappa shape index (κ3) is 7.26. The van der Waals surface area contributed by atoms with Crippen molar-refractivity contribution in [3.8, 4) is 90.3 Å². The van der Waals surface area contributed by atoms with Gasteiger partial charge in [0, 0.05) is 53.6 Å². The summed E-state index contributed by atoms with van der Waals surface area (Å²) >= 11 is 1.82. The Morgan fingerprint density at radius 3 is 1.16 bits per heavy atom. The van der Waals surface area contributed by atoms with Gasteiger partial charge < -0.3 is 0 Å². The SMILES string of the molecule is c1ccc(-c2nc(-c3cccc(-c4cccc(-c5cccc(-c6nc(-c7ccccc7)nc(-c7ccccc7)n6)c5)c4)c3)cc(-c3ccc4c(c3)sc3ccccc34)n2)cc1. The summed E-state index contributed by atoms with van der Waals surface area (Å²) in [6.45, 7) is 0. The molecule has 0 unspecified atom stereocenters. The molecule has 0 fully saturated rings. The van der Waals surface area contributed by atoms with Gasteiger partial charge in [-0.15, -0.1) is 11.3 Å². The molecule has 0 atom stereocenters. The molecule has 286 valence electrons. The fraction of sp³-hybridized carbons (Fsp3) is 0. The number of aromatic nitrogens is 5. The van der Waals surface area contributed by atoms with Crippen LogP contribution in [0.15, 0.2) is 212 Å². The Morgan fingerprint density at radius 2 is 0.607 bits per heavy atom. The van der Waals surface area contributed by atoms with Gasteiger partial charge in [-0.25, -0.2) is 24.9 Å². The number of rotatable bonds is 8. The van der Waals surface area contributed by atoms with Crippen LogP contribution in [0, 0.1) is 0 Å². The zero-order valence-corrected chi connectivity index (χ0v) is 33.7. The molecule has 0 aliphatic rings. The van der Waals surface area contributed by atoms with Crippen LogP contribution in [0.25, 0.3) is 110 Å². The summed E-state index contributed by atoms with van der Waals surface area (Å²) in [4.78, 5) is 25.1. The molecule has 3 heterocycles. The maximum Gasteiger partial charge on any atom is 0.164 e. The van der Waals surface area contributed by atoms with Gasteiger partial charge in [0.15, 0.2) is 23.3 Å². The molecule has 0 saturated heterocycles. The van der Waals surface area contributed by atoms with Gasteiger partial charge in [0.2, 0.25) is 0 Å². The second-order valence-corrected chi connectivity index (χ2v) is 16.0. The van der Waals surface area contributed by atoms with Crippen molar-refractivity contribution in [3.05, 3.63) is 212 Å². The second-order valence-electron chi connectivity index (χ2n) is 14.9. The van der Waals surface area contributed by atoms with Crippen molar-refractivity contribution in [2.24, 2.45) is 0 Å². The minimum absolute atomic E-state index is 0.626. The third-order valence-corrected chi connectivity index (χ3v) is 12.1. The number of nitrogens with zero attached hydrogens (tertiary/aromatic N) is 5.